The maximum Gasteiger partial charge on any atom is 0.320 e. The molecule has 0 rings (SSSR count). The van der Waals surface area contributed by atoms with E-state index >= 15 is 0 Å². The molecular weight excluding hydrogens is 226 g/mol. The fourth-order valence-electron chi connectivity index (χ4n) is 0.878. The highest BCUT2D eigenvalue weighted by molar-refractivity contribution is 7.98. The molecule has 1 atom stereocenters. The lowest BCUT2D eigenvalue weighted by molar-refractivity contribution is -0.134. The third kappa shape index (κ3) is 4.30. The summed E-state index contributed by atoms with van der Waals surface area (Å²) in [6, 6.07) is -0.186. The van der Waals surface area contributed by atoms with Crippen LogP contribution < -0.4 is 0 Å². The van der Waals surface area contributed by atoms with Crippen molar-refractivity contribution in [2.75, 3.05) is 24.8 Å². The zero-order chi connectivity index (χ0) is 11.4. The van der Waals surface area contributed by atoms with E-state index in [0.29, 0.717) is 5.75 Å². The van der Waals surface area contributed by atoms with Gasteiger partial charge in [-0.1, -0.05) is 0 Å². The topological polar surface area (TPSA) is 74.7 Å². The Morgan fingerprint density at radius 3 is 2.43 bits per heavy atom. The van der Waals surface area contributed by atoms with Crippen LogP contribution in [-0.2, 0) is 14.8 Å². The monoisotopic (exact) mass is 241 g/mol. The SMILES string of the molecule is CSCC(C)N(C)S(=O)(=O)CC(=O)O. The van der Waals surface area contributed by atoms with Crippen LogP contribution in [-0.4, -0.2) is 54.6 Å². The van der Waals surface area contributed by atoms with Crippen LogP contribution in [0.3, 0.4) is 0 Å². The largest absolute Gasteiger partial charge is 0.480 e. The first kappa shape index (κ1) is 13.7. The molecule has 0 spiro atoms. The van der Waals surface area contributed by atoms with Crippen molar-refractivity contribution < 1.29 is 18.3 Å². The van der Waals surface area contributed by atoms with E-state index in [-0.39, 0.29) is 6.04 Å². The molecule has 0 fully saturated rings. The second-order valence-electron chi connectivity index (χ2n) is 2.97. The minimum Gasteiger partial charge on any atom is -0.480 e. The molecule has 5 nitrogen and oxygen atoms in total. The average molecular weight is 241 g/mol. The maximum absolute atomic E-state index is 11.4. The molecule has 0 heterocycles. The van der Waals surface area contributed by atoms with Gasteiger partial charge >= 0.3 is 5.97 Å². The van der Waals surface area contributed by atoms with Gasteiger partial charge in [-0.3, -0.25) is 4.79 Å². The number of sulfonamides is 1. The summed E-state index contributed by atoms with van der Waals surface area (Å²) in [4.78, 5) is 10.3. The molecule has 0 aliphatic carbocycles. The Balaban J connectivity index is 4.50. The van der Waals surface area contributed by atoms with Crippen molar-refractivity contribution in [1.29, 1.82) is 0 Å². The van der Waals surface area contributed by atoms with Gasteiger partial charge in [0.05, 0.1) is 0 Å². The number of hydrogen-bond acceptors (Lipinski definition) is 4. The van der Waals surface area contributed by atoms with Gasteiger partial charge < -0.3 is 5.11 Å². The second-order valence-corrected chi connectivity index (χ2v) is 5.91. The Morgan fingerprint density at radius 2 is 2.07 bits per heavy atom. The molecule has 0 aromatic rings. The van der Waals surface area contributed by atoms with Crippen LogP contribution in [0, 0.1) is 0 Å². The lowest BCUT2D eigenvalue weighted by atomic mass is 10.4. The summed E-state index contributed by atoms with van der Waals surface area (Å²) in [6.07, 6.45) is 1.87. The maximum atomic E-state index is 11.4. The van der Waals surface area contributed by atoms with E-state index in [1.807, 2.05) is 6.26 Å². The molecule has 0 saturated heterocycles. The molecule has 1 unspecified atom stereocenters. The van der Waals surface area contributed by atoms with Crippen molar-refractivity contribution in [3.8, 4) is 0 Å². The summed E-state index contributed by atoms with van der Waals surface area (Å²) < 4.78 is 23.9. The molecule has 0 aromatic heterocycles. The lowest BCUT2D eigenvalue weighted by Crippen LogP contribution is -2.39. The fraction of sp³-hybridized carbons (Fsp3) is 0.857. The number of carbonyl (C=O) groups is 1. The van der Waals surface area contributed by atoms with Crippen LogP contribution in [0.15, 0.2) is 0 Å². The van der Waals surface area contributed by atoms with Crippen molar-refractivity contribution >= 4 is 27.8 Å². The minimum atomic E-state index is -3.66. The average Bonchev–Trinajstić information content (AvgIpc) is 2.01. The molecule has 84 valence electrons. The number of nitrogens with zero attached hydrogens (tertiary/aromatic N) is 1. The van der Waals surface area contributed by atoms with Crippen LogP contribution in [0.1, 0.15) is 6.92 Å². The minimum absolute atomic E-state index is 0.186. The fourth-order valence-corrected chi connectivity index (χ4v) is 2.82. The van der Waals surface area contributed by atoms with Crippen molar-refractivity contribution in [1.82, 2.24) is 4.31 Å². The normalized spacial score (nSPS) is 14.3. The molecular formula is C7H15NO4S2. The smallest absolute Gasteiger partial charge is 0.320 e. The van der Waals surface area contributed by atoms with E-state index in [1.165, 1.54) is 18.8 Å². The molecule has 0 radical (unpaired) electrons. The first-order chi connectivity index (χ1) is 6.31. The van der Waals surface area contributed by atoms with E-state index in [2.05, 4.69) is 0 Å². The highest BCUT2D eigenvalue weighted by Crippen LogP contribution is 2.08. The van der Waals surface area contributed by atoms with Gasteiger partial charge in [0.2, 0.25) is 10.0 Å². The van der Waals surface area contributed by atoms with E-state index in [1.54, 1.807) is 6.92 Å². The zero-order valence-electron chi connectivity index (χ0n) is 8.43. The van der Waals surface area contributed by atoms with Gasteiger partial charge in [-0.05, 0) is 13.2 Å². The number of thioether (sulfide) groups is 1. The van der Waals surface area contributed by atoms with Crippen molar-refractivity contribution in [2.45, 2.75) is 13.0 Å². The van der Waals surface area contributed by atoms with E-state index in [4.69, 9.17) is 5.11 Å². The molecule has 0 aliphatic rings. The molecule has 1 N–H and O–H groups in total. The Hall–Kier alpha value is -0.270. The first-order valence-electron chi connectivity index (χ1n) is 3.97. The van der Waals surface area contributed by atoms with Gasteiger partial charge in [0.25, 0.3) is 0 Å². The van der Waals surface area contributed by atoms with E-state index < -0.39 is 21.7 Å². The quantitative estimate of drug-likeness (QED) is 0.713. The van der Waals surface area contributed by atoms with Crippen LogP contribution in [0.4, 0.5) is 0 Å². The van der Waals surface area contributed by atoms with Gasteiger partial charge in [-0.15, -0.1) is 0 Å². The summed E-state index contributed by atoms with van der Waals surface area (Å²) in [7, 11) is -2.26. The Morgan fingerprint density at radius 1 is 1.57 bits per heavy atom. The summed E-state index contributed by atoms with van der Waals surface area (Å²) >= 11 is 1.52. The van der Waals surface area contributed by atoms with Gasteiger partial charge in [0.1, 0.15) is 0 Å². The van der Waals surface area contributed by atoms with Gasteiger partial charge in [-0.2, -0.15) is 11.8 Å². The lowest BCUT2D eigenvalue weighted by Gasteiger charge is -2.22. The molecule has 14 heavy (non-hydrogen) atoms. The second kappa shape index (κ2) is 5.57. The van der Waals surface area contributed by atoms with Crippen molar-refractivity contribution in [3.05, 3.63) is 0 Å². The molecule has 0 aliphatic heterocycles. The van der Waals surface area contributed by atoms with Crippen molar-refractivity contribution in [2.24, 2.45) is 0 Å². The molecule has 0 aromatic carbocycles. The van der Waals surface area contributed by atoms with Crippen LogP contribution >= 0.6 is 11.8 Å². The number of carboxylic acid groups (broad SMARTS) is 1. The highest BCUT2D eigenvalue weighted by Gasteiger charge is 2.25. The van der Waals surface area contributed by atoms with Crippen molar-refractivity contribution in [3.63, 3.8) is 0 Å². The standard InChI is InChI=1S/C7H15NO4S2/c1-6(4-13-3)8(2)14(11,12)5-7(9)10/h6H,4-5H2,1-3H3,(H,9,10). The summed E-state index contributed by atoms with van der Waals surface area (Å²) in [5.74, 6) is -1.52. The highest BCUT2D eigenvalue weighted by atomic mass is 32.2. The predicted molar refractivity (Wildman–Crippen MR) is 57.0 cm³/mol. The van der Waals surface area contributed by atoms with Crippen LogP contribution in [0.5, 0.6) is 0 Å². The predicted octanol–water partition coefficient (Wildman–Crippen LogP) is 0.0841. The van der Waals surface area contributed by atoms with Gasteiger partial charge in [0, 0.05) is 18.8 Å². The summed E-state index contributed by atoms with van der Waals surface area (Å²) in [5, 5.41) is 8.40. The number of carboxylic acids is 1. The van der Waals surface area contributed by atoms with Gasteiger partial charge in [0.15, 0.2) is 5.75 Å². The molecule has 0 bridgehead atoms. The molecule has 0 amide bonds. The third-order valence-electron chi connectivity index (χ3n) is 1.77. The Kier molecular flexibility index (Phi) is 5.46. The number of aliphatic carboxylic acids is 1. The molecule has 7 heteroatoms. The number of hydrogen-bond donors (Lipinski definition) is 1. The molecule has 0 saturated carbocycles. The summed E-state index contributed by atoms with van der Waals surface area (Å²) in [6.45, 7) is 1.75. The zero-order valence-corrected chi connectivity index (χ0v) is 10.1. The first-order valence-corrected chi connectivity index (χ1v) is 6.98. The third-order valence-corrected chi connectivity index (χ3v) is 4.44. The van der Waals surface area contributed by atoms with E-state index in [9.17, 15) is 13.2 Å². The van der Waals surface area contributed by atoms with Crippen LogP contribution in [0.25, 0.3) is 0 Å². The van der Waals surface area contributed by atoms with Gasteiger partial charge in [-0.25, -0.2) is 12.7 Å². The Labute approximate surface area is 88.5 Å². The Bertz CT molecular complexity index is 288. The number of rotatable bonds is 6. The summed E-state index contributed by atoms with van der Waals surface area (Å²) in [5.41, 5.74) is 0. The van der Waals surface area contributed by atoms with Crippen LogP contribution in [0.2, 0.25) is 0 Å². The van der Waals surface area contributed by atoms with E-state index in [0.717, 1.165) is 4.31 Å².